The molecule has 6 heteroatoms. The molecule has 29 heavy (non-hydrogen) atoms. The van der Waals surface area contributed by atoms with Gasteiger partial charge in [0.25, 0.3) is 11.6 Å². The van der Waals surface area contributed by atoms with Gasteiger partial charge in [0.2, 0.25) is 0 Å². The lowest BCUT2D eigenvalue weighted by molar-refractivity contribution is -0.384. The van der Waals surface area contributed by atoms with E-state index in [0.717, 1.165) is 49.2 Å². The molecule has 148 valence electrons. The summed E-state index contributed by atoms with van der Waals surface area (Å²) in [7, 11) is 0. The summed E-state index contributed by atoms with van der Waals surface area (Å²) in [5.74, 6) is 0.709. The molecule has 0 bridgehead atoms. The molecule has 1 N–H and O–H groups in total. The smallest absolute Gasteiger partial charge is 0.269 e. The molecule has 1 aliphatic carbocycles. The van der Waals surface area contributed by atoms with Crippen LogP contribution in [0.15, 0.2) is 54.6 Å². The van der Waals surface area contributed by atoms with E-state index in [9.17, 15) is 14.9 Å². The van der Waals surface area contributed by atoms with Crippen LogP contribution in [0.4, 0.5) is 11.4 Å². The Morgan fingerprint density at radius 3 is 2.59 bits per heavy atom. The molecule has 6 nitrogen and oxygen atoms in total. The van der Waals surface area contributed by atoms with Crippen LogP contribution >= 0.6 is 0 Å². The van der Waals surface area contributed by atoms with Crippen molar-refractivity contribution < 1.29 is 9.72 Å². The molecular formula is C23H23N3O3. The van der Waals surface area contributed by atoms with Gasteiger partial charge in [-0.15, -0.1) is 0 Å². The van der Waals surface area contributed by atoms with Crippen LogP contribution in [0.1, 0.15) is 52.7 Å². The van der Waals surface area contributed by atoms with Crippen molar-refractivity contribution in [2.45, 2.75) is 31.2 Å². The maximum absolute atomic E-state index is 12.8. The van der Waals surface area contributed by atoms with Crippen molar-refractivity contribution >= 4 is 17.3 Å². The number of nitro benzene ring substituents is 1. The van der Waals surface area contributed by atoms with Gasteiger partial charge in [0.05, 0.1) is 11.0 Å². The number of allylic oxidation sites excluding steroid dienone is 2. The van der Waals surface area contributed by atoms with Crippen molar-refractivity contribution in [1.82, 2.24) is 4.90 Å². The topological polar surface area (TPSA) is 75.5 Å². The number of rotatable bonds is 3. The molecule has 0 spiro atoms. The average Bonchev–Trinajstić information content (AvgIpc) is 3.44. The van der Waals surface area contributed by atoms with Crippen LogP contribution in [-0.2, 0) is 0 Å². The first-order valence-electron chi connectivity index (χ1n) is 10.2. The summed E-state index contributed by atoms with van der Waals surface area (Å²) in [5.41, 5.74) is 4.14. The SMILES string of the molecule is O=C(c1ccc2c(c1)[C@@H]1C=CC[C@@H]1[C@H](c1ccc([N+](=O)[O-])cc1)N2)N1CCCC1. The van der Waals surface area contributed by atoms with Crippen molar-refractivity contribution in [3.05, 3.63) is 81.4 Å². The predicted octanol–water partition coefficient (Wildman–Crippen LogP) is 4.66. The number of fused-ring (bicyclic) bond motifs is 3. The number of anilines is 1. The summed E-state index contributed by atoms with van der Waals surface area (Å²) >= 11 is 0. The van der Waals surface area contributed by atoms with Crippen LogP contribution < -0.4 is 5.32 Å². The summed E-state index contributed by atoms with van der Waals surface area (Å²) in [5, 5.41) is 14.6. The summed E-state index contributed by atoms with van der Waals surface area (Å²) in [4.78, 5) is 25.4. The van der Waals surface area contributed by atoms with Gasteiger partial charge in [-0.1, -0.05) is 24.3 Å². The zero-order chi connectivity index (χ0) is 20.0. The molecule has 0 saturated carbocycles. The van der Waals surface area contributed by atoms with Crippen LogP contribution in [0.2, 0.25) is 0 Å². The minimum Gasteiger partial charge on any atom is -0.378 e. The third kappa shape index (κ3) is 3.09. The van der Waals surface area contributed by atoms with E-state index in [1.807, 2.05) is 29.2 Å². The number of non-ortho nitro benzene ring substituents is 1. The third-order valence-electron chi connectivity index (χ3n) is 6.47. The maximum atomic E-state index is 12.8. The first-order chi connectivity index (χ1) is 14.1. The van der Waals surface area contributed by atoms with Gasteiger partial charge in [0.1, 0.15) is 0 Å². The summed E-state index contributed by atoms with van der Waals surface area (Å²) in [6, 6.07) is 12.9. The second-order valence-electron chi connectivity index (χ2n) is 8.13. The predicted molar refractivity (Wildman–Crippen MR) is 111 cm³/mol. The fourth-order valence-electron chi connectivity index (χ4n) is 4.96. The normalized spacial score (nSPS) is 24.7. The van der Waals surface area contributed by atoms with Crippen LogP contribution in [0.3, 0.4) is 0 Å². The molecule has 1 saturated heterocycles. The molecule has 3 aliphatic rings. The minimum atomic E-state index is -0.369. The van der Waals surface area contributed by atoms with Crippen LogP contribution in [0.5, 0.6) is 0 Å². The molecule has 1 fully saturated rings. The average molecular weight is 389 g/mol. The summed E-state index contributed by atoms with van der Waals surface area (Å²) in [6.45, 7) is 1.70. The van der Waals surface area contributed by atoms with Gasteiger partial charge in [-0.3, -0.25) is 14.9 Å². The van der Waals surface area contributed by atoms with E-state index in [1.165, 1.54) is 5.56 Å². The molecule has 0 unspecified atom stereocenters. The number of likely N-dealkylation sites (tertiary alicyclic amines) is 1. The molecule has 1 amide bonds. The second kappa shape index (κ2) is 7.03. The van der Waals surface area contributed by atoms with Gasteiger partial charge in [-0.25, -0.2) is 0 Å². The lowest BCUT2D eigenvalue weighted by atomic mass is 9.76. The van der Waals surface area contributed by atoms with Crippen molar-refractivity contribution in [2.75, 3.05) is 18.4 Å². The lowest BCUT2D eigenvalue weighted by Crippen LogP contribution is -2.30. The molecule has 0 aromatic heterocycles. The number of amides is 1. The van der Waals surface area contributed by atoms with E-state index in [2.05, 4.69) is 23.5 Å². The Balaban J connectivity index is 1.46. The van der Waals surface area contributed by atoms with Crippen molar-refractivity contribution in [3.8, 4) is 0 Å². The zero-order valence-corrected chi connectivity index (χ0v) is 16.1. The van der Waals surface area contributed by atoms with Gasteiger partial charge in [0.15, 0.2) is 0 Å². The number of hydrogen-bond acceptors (Lipinski definition) is 4. The highest BCUT2D eigenvalue weighted by Crippen LogP contribution is 2.50. The molecule has 2 aromatic carbocycles. The monoisotopic (exact) mass is 389 g/mol. The van der Waals surface area contributed by atoms with Crippen molar-refractivity contribution in [2.24, 2.45) is 5.92 Å². The van der Waals surface area contributed by atoms with Gasteiger partial charge < -0.3 is 10.2 Å². The quantitative estimate of drug-likeness (QED) is 0.471. The number of nitrogens with zero attached hydrogens (tertiary/aromatic N) is 2. The number of nitrogens with one attached hydrogen (secondary N) is 1. The Hall–Kier alpha value is -3.15. The first kappa shape index (κ1) is 17.9. The van der Waals surface area contributed by atoms with Gasteiger partial charge >= 0.3 is 0 Å². The number of nitro groups is 1. The minimum absolute atomic E-state index is 0.0865. The third-order valence-corrected chi connectivity index (χ3v) is 6.47. The van der Waals surface area contributed by atoms with Crippen LogP contribution in [0, 0.1) is 16.0 Å². The molecule has 2 aromatic rings. The second-order valence-corrected chi connectivity index (χ2v) is 8.13. The largest absolute Gasteiger partial charge is 0.378 e. The summed E-state index contributed by atoms with van der Waals surface area (Å²) < 4.78 is 0. The fourth-order valence-corrected chi connectivity index (χ4v) is 4.96. The van der Waals surface area contributed by atoms with E-state index >= 15 is 0 Å². The molecule has 5 rings (SSSR count). The Kier molecular flexibility index (Phi) is 4.34. The van der Waals surface area contributed by atoms with E-state index in [4.69, 9.17) is 0 Å². The lowest BCUT2D eigenvalue weighted by Gasteiger charge is -2.37. The first-order valence-corrected chi connectivity index (χ1v) is 10.2. The molecule has 2 heterocycles. The Morgan fingerprint density at radius 2 is 1.86 bits per heavy atom. The van der Waals surface area contributed by atoms with E-state index < -0.39 is 0 Å². The Labute approximate surface area is 169 Å². The van der Waals surface area contributed by atoms with Crippen molar-refractivity contribution in [1.29, 1.82) is 0 Å². The van der Waals surface area contributed by atoms with Crippen LogP contribution in [-0.4, -0.2) is 28.8 Å². The van der Waals surface area contributed by atoms with E-state index in [-0.39, 0.29) is 28.5 Å². The van der Waals surface area contributed by atoms with Crippen LogP contribution in [0.25, 0.3) is 0 Å². The highest BCUT2D eigenvalue weighted by molar-refractivity contribution is 5.95. The summed E-state index contributed by atoms with van der Waals surface area (Å²) in [6.07, 6.45) is 7.57. The molecular weight excluding hydrogens is 366 g/mol. The van der Waals surface area contributed by atoms with Gasteiger partial charge in [-0.05, 0) is 54.5 Å². The number of carbonyl (C=O) groups excluding carboxylic acids is 1. The Morgan fingerprint density at radius 1 is 1.10 bits per heavy atom. The zero-order valence-electron chi connectivity index (χ0n) is 16.1. The molecule has 0 radical (unpaired) electrons. The van der Waals surface area contributed by atoms with Gasteiger partial charge in [0, 0.05) is 42.4 Å². The highest BCUT2D eigenvalue weighted by Gasteiger charge is 2.38. The number of carbonyl (C=O) groups is 1. The molecule has 2 aliphatic heterocycles. The standard InChI is InChI=1S/C23H23N3O3/c27-23(25-12-1-2-13-25)16-8-11-21-20(14-16)18-4-3-5-19(18)22(24-21)15-6-9-17(10-7-15)26(28)29/h3-4,6-11,14,18-19,22,24H,1-2,5,12-13H2/t18-,19+,22+/m1/s1. The fraction of sp³-hybridized carbons (Fsp3) is 0.348. The highest BCUT2D eigenvalue weighted by atomic mass is 16.6. The van der Waals surface area contributed by atoms with Gasteiger partial charge in [-0.2, -0.15) is 0 Å². The van der Waals surface area contributed by atoms with E-state index in [0.29, 0.717) is 5.92 Å². The van der Waals surface area contributed by atoms with Crippen molar-refractivity contribution in [3.63, 3.8) is 0 Å². The van der Waals surface area contributed by atoms with E-state index in [1.54, 1.807) is 12.1 Å². The number of benzene rings is 2. The Bertz CT molecular complexity index is 993. The maximum Gasteiger partial charge on any atom is 0.269 e. The number of hydrogen-bond donors (Lipinski definition) is 1. The molecule has 3 atom stereocenters.